The predicted molar refractivity (Wildman–Crippen MR) is 195 cm³/mol. The molecule has 8 nitrogen and oxygen atoms in total. The summed E-state index contributed by atoms with van der Waals surface area (Å²) in [4.78, 5) is 16.7. The lowest BCUT2D eigenvalue weighted by Gasteiger charge is -2.33. The van der Waals surface area contributed by atoms with E-state index in [0.29, 0.717) is 65.9 Å². The van der Waals surface area contributed by atoms with Gasteiger partial charge in [0.25, 0.3) is 5.91 Å². The third-order valence-corrected chi connectivity index (χ3v) is 9.54. The first-order chi connectivity index (χ1) is 23.8. The first-order valence-electron chi connectivity index (χ1n) is 16.7. The van der Waals surface area contributed by atoms with Crippen molar-refractivity contribution in [3.8, 4) is 11.5 Å². The minimum atomic E-state index is -0.294. The number of aryl methyl sites for hydroxylation is 2. The lowest BCUT2D eigenvalue weighted by Crippen LogP contribution is -2.47. The fraction of sp³-hybridized carbons (Fsp3) is 0.447. The van der Waals surface area contributed by atoms with Crippen LogP contribution in [0.15, 0.2) is 60.2 Å². The third kappa shape index (κ3) is 10.4. The van der Waals surface area contributed by atoms with Crippen molar-refractivity contribution >= 4 is 46.3 Å². The van der Waals surface area contributed by atoms with Crippen LogP contribution < -0.4 is 14.8 Å². The molecular weight excluding hydrogens is 687 g/mol. The smallest absolute Gasteiger partial charge is 0.252 e. The predicted octanol–water partition coefficient (Wildman–Crippen LogP) is 7.92. The molecule has 3 aromatic rings. The molecule has 1 saturated carbocycles. The lowest BCUT2D eigenvalue weighted by molar-refractivity contribution is -0.129. The van der Waals surface area contributed by atoms with Crippen LogP contribution in [0.1, 0.15) is 47.9 Å². The van der Waals surface area contributed by atoms with E-state index in [-0.39, 0.29) is 31.4 Å². The van der Waals surface area contributed by atoms with Gasteiger partial charge in [-0.15, -0.1) is 0 Å². The van der Waals surface area contributed by atoms with E-state index in [1.54, 1.807) is 14.2 Å². The number of halogens is 3. The third-order valence-electron chi connectivity index (χ3n) is 8.61. The Morgan fingerprint density at radius 1 is 0.898 bits per heavy atom. The van der Waals surface area contributed by atoms with Crippen molar-refractivity contribution in [2.45, 2.75) is 57.7 Å². The zero-order valence-electron chi connectivity index (χ0n) is 28.4. The highest BCUT2D eigenvalue weighted by Gasteiger charge is 2.38. The molecule has 0 bridgehead atoms. The van der Waals surface area contributed by atoms with E-state index in [0.717, 1.165) is 53.5 Å². The topological polar surface area (TPSA) is 78.5 Å². The molecule has 1 amide bonds. The number of hydrogen-bond acceptors (Lipinski definition) is 7. The summed E-state index contributed by atoms with van der Waals surface area (Å²) >= 11 is 19.3. The molecule has 5 rings (SSSR count). The summed E-state index contributed by atoms with van der Waals surface area (Å²) in [7, 11) is 3.30. The van der Waals surface area contributed by atoms with Gasteiger partial charge in [0.05, 0.1) is 22.7 Å². The molecule has 49 heavy (non-hydrogen) atoms. The molecule has 0 spiro atoms. The van der Waals surface area contributed by atoms with E-state index in [1.165, 1.54) is 5.56 Å². The van der Waals surface area contributed by atoms with Gasteiger partial charge in [0, 0.05) is 44.0 Å². The quantitative estimate of drug-likeness (QED) is 0.105. The standard InChI is InChI=1S/C38H45Cl3N2O6/c1-25-19-33(40)37(34(41)20-25)49-18-17-48-30-11-7-27(8-12-30)31-14-15-42-35(23-47-24-46-3)36(31)38(44)43(29-9-10-29)22-28-21-26(5-4-16-45-2)6-13-32(28)39/h6-8,11-13,19-21,29,35,42H,4-5,9-10,14-18,22-24H2,1-3H3/t35-/m1/s1. The van der Waals surface area contributed by atoms with Crippen molar-refractivity contribution in [2.75, 3.05) is 54.0 Å². The Labute approximate surface area is 304 Å². The summed E-state index contributed by atoms with van der Waals surface area (Å²) in [6.45, 7) is 4.81. The number of carbonyl (C=O) groups excluding carboxylic acids is 1. The molecule has 3 aromatic carbocycles. The normalized spacial score (nSPS) is 16.2. The number of rotatable bonds is 18. The summed E-state index contributed by atoms with van der Waals surface area (Å²) in [6.07, 6.45) is 4.44. The SMILES string of the molecule is COCCCc1ccc(Cl)c(CN(C(=O)C2=C(c3ccc(OCCOc4c(Cl)cc(C)cc4Cl)cc3)CCN[C@@H]2COCOC)C2CC2)c1. The van der Waals surface area contributed by atoms with Gasteiger partial charge in [0.15, 0.2) is 5.75 Å². The van der Waals surface area contributed by atoms with E-state index in [4.69, 9.17) is 58.5 Å². The average molecular weight is 732 g/mol. The van der Waals surface area contributed by atoms with Gasteiger partial charge in [-0.2, -0.15) is 0 Å². The number of nitrogens with zero attached hydrogens (tertiary/aromatic N) is 1. The number of carbonyl (C=O) groups is 1. The van der Waals surface area contributed by atoms with Gasteiger partial charge in [0.2, 0.25) is 0 Å². The van der Waals surface area contributed by atoms with Crippen LogP contribution in [0.5, 0.6) is 11.5 Å². The van der Waals surface area contributed by atoms with Gasteiger partial charge in [-0.1, -0.05) is 59.1 Å². The van der Waals surface area contributed by atoms with Gasteiger partial charge >= 0.3 is 0 Å². The van der Waals surface area contributed by atoms with Gasteiger partial charge in [-0.25, -0.2) is 0 Å². The van der Waals surface area contributed by atoms with Crippen LogP contribution >= 0.6 is 34.8 Å². The number of benzene rings is 3. The molecule has 0 aromatic heterocycles. The minimum Gasteiger partial charge on any atom is -0.490 e. The van der Waals surface area contributed by atoms with Crippen LogP contribution in [0.4, 0.5) is 0 Å². The fourth-order valence-corrected chi connectivity index (χ4v) is 6.97. The maximum Gasteiger partial charge on any atom is 0.252 e. The molecule has 0 radical (unpaired) electrons. The van der Waals surface area contributed by atoms with Crippen molar-refractivity contribution in [2.24, 2.45) is 0 Å². The van der Waals surface area contributed by atoms with Crippen LogP contribution in [-0.2, 0) is 32.0 Å². The highest BCUT2D eigenvalue weighted by atomic mass is 35.5. The Morgan fingerprint density at radius 2 is 1.63 bits per heavy atom. The summed E-state index contributed by atoms with van der Waals surface area (Å²) in [5.74, 6) is 1.14. The fourth-order valence-electron chi connectivity index (χ4n) is 6.08. The van der Waals surface area contributed by atoms with Crippen molar-refractivity contribution < 1.29 is 28.5 Å². The molecule has 0 unspecified atom stereocenters. The van der Waals surface area contributed by atoms with E-state index in [9.17, 15) is 4.79 Å². The second kappa shape index (κ2) is 18.4. The Hall–Kier alpha value is -2.82. The van der Waals surface area contributed by atoms with Crippen molar-refractivity contribution in [3.63, 3.8) is 0 Å². The number of amides is 1. The van der Waals surface area contributed by atoms with Crippen LogP contribution in [-0.4, -0.2) is 76.9 Å². The Kier molecular flexibility index (Phi) is 14.1. The molecular formula is C38H45Cl3N2O6. The summed E-state index contributed by atoms with van der Waals surface area (Å²) in [5.41, 5.74) is 5.78. The maximum atomic E-state index is 14.7. The summed E-state index contributed by atoms with van der Waals surface area (Å²) in [6, 6.07) is 17.5. The minimum absolute atomic E-state index is 0.00229. The summed E-state index contributed by atoms with van der Waals surface area (Å²) < 4.78 is 28.0. The zero-order chi connectivity index (χ0) is 34.8. The van der Waals surface area contributed by atoms with Crippen molar-refractivity contribution in [3.05, 3.63) is 97.5 Å². The molecule has 0 saturated heterocycles. The van der Waals surface area contributed by atoms with E-state index < -0.39 is 0 Å². The Balaban J connectivity index is 1.34. The monoisotopic (exact) mass is 730 g/mol. The second-order valence-corrected chi connectivity index (χ2v) is 13.6. The molecule has 1 aliphatic heterocycles. The van der Waals surface area contributed by atoms with Gasteiger partial charge in [-0.3, -0.25) is 4.79 Å². The van der Waals surface area contributed by atoms with Crippen LogP contribution in [0.25, 0.3) is 5.57 Å². The van der Waals surface area contributed by atoms with Crippen LogP contribution in [0.2, 0.25) is 15.1 Å². The molecule has 264 valence electrons. The number of nitrogens with one attached hydrogen (secondary N) is 1. The number of ether oxygens (including phenoxy) is 5. The van der Waals surface area contributed by atoms with Gasteiger partial charge < -0.3 is 33.9 Å². The summed E-state index contributed by atoms with van der Waals surface area (Å²) in [5, 5.41) is 5.12. The first-order valence-corrected chi connectivity index (χ1v) is 17.8. The van der Waals surface area contributed by atoms with Gasteiger partial charge in [0.1, 0.15) is 25.8 Å². The maximum absolute atomic E-state index is 14.7. The average Bonchev–Trinajstić information content (AvgIpc) is 3.93. The highest BCUT2D eigenvalue weighted by molar-refractivity contribution is 6.37. The van der Waals surface area contributed by atoms with Crippen molar-refractivity contribution in [1.82, 2.24) is 10.2 Å². The molecule has 1 fully saturated rings. The molecule has 1 heterocycles. The van der Waals surface area contributed by atoms with E-state index >= 15 is 0 Å². The molecule has 1 N–H and O–H groups in total. The van der Waals surface area contributed by atoms with Crippen LogP contribution in [0, 0.1) is 6.92 Å². The number of methoxy groups -OCH3 is 2. The van der Waals surface area contributed by atoms with E-state index in [2.05, 4.69) is 17.4 Å². The highest BCUT2D eigenvalue weighted by Crippen LogP contribution is 2.37. The lowest BCUT2D eigenvalue weighted by atomic mass is 9.88. The number of hydrogen-bond donors (Lipinski definition) is 1. The largest absolute Gasteiger partial charge is 0.490 e. The molecule has 2 aliphatic rings. The molecule has 1 aliphatic carbocycles. The second-order valence-electron chi connectivity index (χ2n) is 12.4. The molecule has 1 atom stereocenters. The Bertz CT molecular complexity index is 1570. The Morgan fingerprint density at radius 3 is 2.33 bits per heavy atom. The van der Waals surface area contributed by atoms with Crippen molar-refractivity contribution in [1.29, 1.82) is 0 Å². The molecule has 11 heteroatoms. The van der Waals surface area contributed by atoms with E-state index in [1.807, 2.05) is 54.3 Å². The van der Waals surface area contributed by atoms with Crippen LogP contribution in [0.3, 0.4) is 0 Å². The van der Waals surface area contributed by atoms with Gasteiger partial charge in [-0.05, 0) is 104 Å². The zero-order valence-corrected chi connectivity index (χ0v) is 30.6. The first kappa shape index (κ1) is 37.4.